The van der Waals surface area contributed by atoms with Gasteiger partial charge in [0.1, 0.15) is 11.4 Å². The third kappa shape index (κ3) is 1.30. The van der Waals surface area contributed by atoms with Gasteiger partial charge in [-0.1, -0.05) is 24.3 Å². The number of hydrogen-bond donors (Lipinski definition) is 0. The van der Waals surface area contributed by atoms with Crippen LogP contribution in [-0.4, -0.2) is 14.1 Å². The molecule has 86 valence electrons. The Labute approximate surface area is 101 Å². The highest BCUT2D eigenvalue weighted by Gasteiger charge is 2.32. The van der Waals surface area contributed by atoms with Crippen LogP contribution in [0.1, 0.15) is 0 Å². The van der Waals surface area contributed by atoms with Crippen molar-refractivity contribution in [2.75, 3.05) is 19.0 Å². The van der Waals surface area contributed by atoms with Gasteiger partial charge in [-0.05, 0) is 12.1 Å². The minimum Gasteiger partial charge on any atom is -0.622 e. The summed E-state index contributed by atoms with van der Waals surface area (Å²) < 4.78 is -0.448. The fraction of sp³-hybridized carbons (Fsp3) is 0.143. The van der Waals surface area contributed by atoms with Crippen LogP contribution in [0.3, 0.4) is 0 Å². The second kappa shape index (κ2) is 3.32. The Balaban J connectivity index is 2.34. The molecule has 0 fully saturated rings. The standard InChI is InChI=1S/C14H14N2O/c1-15-11-7-3-5-9-13(11)16(2,17)14-10-6-4-8-12(14)15/h3-10H,1-2H3. The van der Waals surface area contributed by atoms with E-state index >= 15 is 0 Å². The van der Waals surface area contributed by atoms with E-state index in [0.29, 0.717) is 0 Å². The Morgan fingerprint density at radius 2 is 1.29 bits per heavy atom. The number of nitrogens with zero attached hydrogens (tertiary/aromatic N) is 2. The van der Waals surface area contributed by atoms with Crippen molar-refractivity contribution in [2.45, 2.75) is 0 Å². The van der Waals surface area contributed by atoms with E-state index in [9.17, 15) is 5.21 Å². The van der Waals surface area contributed by atoms with Gasteiger partial charge in [-0.25, -0.2) is 0 Å². The molecule has 17 heavy (non-hydrogen) atoms. The summed E-state index contributed by atoms with van der Waals surface area (Å²) in [6.07, 6.45) is 0. The van der Waals surface area contributed by atoms with Gasteiger partial charge in [-0.2, -0.15) is 0 Å². The monoisotopic (exact) mass is 226 g/mol. The summed E-state index contributed by atoms with van der Waals surface area (Å²) in [5.74, 6) is 0. The fourth-order valence-corrected chi connectivity index (χ4v) is 2.48. The number of hydroxylamine groups is 1. The molecule has 0 amide bonds. The summed E-state index contributed by atoms with van der Waals surface area (Å²) in [7, 11) is 3.68. The van der Waals surface area contributed by atoms with Crippen molar-refractivity contribution in [1.29, 1.82) is 0 Å². The first kappa shape index (κ1) is 10.3. The third-order valence-corrected chi connectivity index (χ3v) is 3.41. The number of fused-ring (bicyclic) bond motifs is 2. The zero-order valence-electron chi connectivity index (χ0n) is 9.92. The van der Waals surface area contributed by atoms with Crippen molar-refractivity contribution in [3.05, 3.63) is 53.7 Å². The average Bonchev–Trinajstić information content (AvgIpc) is 2.37. The van der Waals surface area contributed by atoms with Crippen molar-refractivity contribution in [2.24, 2.45) is 0 Å². The van der Waals surface area contributed by atoms with Crippen LogP contribution < -0.4 is 9.55 Å². The molecule has 1 aliphatic rings. The first-order valence-electron chi connectivity index (χ1n) is 5.63. The van der Waals surface area contributed by atoms with E-state index in [1.54, 1.807) is 7.05 Å². The van der Waals surface area contributed by atoms with Gasteiger partial charge in [0, 0.05) is 19.2 Å². The lowest BCUT2D eigenvalue weighted by Gasteiger charge is -2.45. The molecule has 0 bridgehead atoms. The topological polar surface area (TPSA) is 26.3 Å². The molecule has 0 atom stereocenters. The minimum atomic E-state index is -0.448. The number of hydrogen-bond acceptors (Lipinski definition) is 2. The maximum absolute atomic E-state index is 12.8. The zero-order chi connectivity index (χ0) is 12.0. The first-order chi connectivity index (χ1) is 8.12. The molecule has 1 aliphatic heterocycles. The Kier molecular flexibility index (Phi) is 2.02. The molecule has 0 saturated heterocycles. The van der Waals surface area contributed by atoms with Crippen LogP contribution >= 0.6 is 0 Å². The lowest BCUT2D eigenvalue weighted by atomic mass is 10.1. The van der Waals surface area contributed by atoms with Gasteiger partial charge in [-0.15, -0.1) is 0 Å². The number of anilines is 2. The van der Waals surface area contributed by atoms with Crippen molar-refractivity contribution in [3.8, 4) is 0 Å². The van der Waals surface area contributed by atoms with E-state index in [1.807, 2.05) is 55.6 Å². The van der Waals surface area contributed by atoms with Crippen LogP contribution in [0.5, 0.6) is 0 Å². The van der Waals surface area contributed by atoms with Gasteiger partial charge in [0.15, 0.2) is 11.4 Å². The Morgan fingerprint density at radius 3 is 1.76 bits per heavy atom. The van der Waals surface area contributed by atoms with Crippen LogP contribution in [0.25, 0.3) is 0 Å². The zero-order valence-corrected chi connectivity index (χ0v) is 9.92. The molecule has 2 aromatic rings. The van der Waals surface area contributed by atoms with E-state index in [0.717, 1.165) is 22.7 Å². The highest BCUT2D eigenvalue weighted by atomic mass is 16.5. The lowest BCUT2D eigenvalue weighted by molar-refractivity contribution is 0.607. The quantitative estimate of drug-likeness (QED) is 0.507. The molecular weight excluding hydrogens is 212 g/mol. The molecule has 0 aromatic heterocycles. The van der Waals surface area contributed by atoms with Gasteiger partial charge in [0.25, 0.3) is 0 Å². The van der Waals surface area contributed by atoms with Crippen molar-refractivity contribution < 1.29 is 0 Å². The Morgan fingerprint density at radius 1 is 0.882 bits per heavy atom. The van der Waals surface area contributed by atoms with Crippen LogP contribution in [0.4, 0.5) is 22.7 Å². The fourth-order valence-electron chi connectivity index (χ4n) is 2.48. The predicted molar refractivity (Wildman–Crippen MR) is 71.7 cm³/mol. The molecule has 3 nitrogen and oxygen atoms in total. The van der Waals surface area contributed by atoms with Gasteiger partial charge in [0.05, 0.1) is 7.05 Å². The summed E-state index contributed by atoms with van der Waals surface area (Å²) in [4.78, 5) is 2.07. The van der Waals surface area contributed by atoms with Gasteiger partial charge in [0.2, 0.25) is 0 Å². The van der Waals surface area contributed by atoms with Crippen molar-refractivity contribution in [3.63, 3.8) is 0 Å². The molecule has 0 N–H and O–H groups in total. The maximum atomic E-state index is 12.8. The van der Waals surface area contributed by atoms with E-state index in [2.05, 4.69) is 4.90 Å². The van der Waals surface area contributed by atoms with Gasteiger partial charge >= 0.3 is 0 Å². The third-order valence-electron chi connectivity index (χ3n) is 3.41. The number of benzene rings is 2. The molecule has 0 unspecified atom stereocenters. The number of para-hydroxylation sites is 4. The average molecular weight is 226 g/mol. The second-order valence-corrected chi connectivity index (χ2v) is 4.46. The number of rotatable bonds is 0. The molecular formula is C14H14N2O. The molecule has 1 heterocycles. The Bertz CT molecular complexity index is 528. The lowest BCUT2D eigenvalue weighted by Crippen LogP contribution is -2.38. The summed E-state index contributed by atoms with van der Waals surface area (Å²) >= 11 is 0. The van der Waals surface area contributed by atoms with E-state index in [-0.39, 0.29) is 0 Å². The molecule has 0 spiro atoms. The largest absolute Gasteiger partial charge is 0.622 e. The molecule has 3 heteroatoms. The normalized spacial score (nSPS) is 16.3. The second-order valence-electron chi connectivity index (χ2n) is 4.46. The van der Waals surface area contributed by atoms with Crippen LogP contribution in [0.2, 0.25) is 0 Å². The minimum absolute atomic E-state index is 0.448. The summed E-state index contributed by atoms with van der Waals surface area (Å²) in [5, 5.41) is 12.8. The molecule has 2 aromatic carbocycles. The molecule has 0 radical (unpaired) electrons. The van der Waals surface area contributed by atoms with Crippen LogP contribution in [0.15, 0.2) is 48.5 Å². The maximum Gasteiger partial charge on any atom is 0.161 e. The van der Waals surface area contributed by atoms with E-state index in [4.69, 9.17) is 0 Å². The van der Waals surface area contributed by atoms with E-state index in [1.165, 1.54) is 0 Å². The molecule has 0 aliphatic carbocycles. The highest BCUT2D eigenvalue weighted by Crippen LogP contribution is 2.49. The van der Waals surface area contributed by atoms with Crippen LogP contribution in [-0.2, 0) is 0 Å². The highest BCUT2D eigenvalue weighted by molar-refractivity contribution is 5.90. The summed E-state index contributed by atoms with van der Waals surface area (Å²) in [5.41, 5.74) is 3.52. The van der Waals surface area contributed by atoms with Gasteiger partial charge in [-0.3, -0.25) is 4.65 Å². The van der Waals surface area contributed by atoms with Crippen LogP contribution in [0, 0.1) is 5.21 Å². The smallest absolute Gasteiger partial charge is 0.161 e. The van der Waals surface area contributed by atoms with E-state index < -0.39 is 4.65 Å². The van der Waals surface area contributed by atoms with Crippen molar-refractivity contribution in [1.82, 2.24) is 4.65 Å². The van der Waals surface area contributed by atoms with Crippen molar-refractivity contribution >= 4 is 22.7 Å². The van der Waals surface area contributed by atoms with Gasteiger partial charge < -0.3 is 10.1 Å². The Hall–Kier alpha value is -1.84. The predicted octanol–water partition coefficient (Wildman–Crippen LogP) is 3.53. The summed E-state index contributed by atoms with van der Waals surface area (Å²) in [6.45, 7) is 0. The molecule has 3 rings (SSSR count). The number of quaternary nitrogens is 1. The molecule has 0 saturated carbocycles. The summed E-state index contributed by atoms with van der Waals surface area (Å²) in [6, 6.07) is 15.5. The SMILES string of the molecule is CN1c2ccccc2[N+](C)([O-])c2ccccc21. The first-order valence-corrected chi connectivity index (χ1v) is 5.63.